The van der Waals surface area contributed by atoms with Gasteiger partial charge in [-0.25, -0.2) is 4.98 Å². The van der Waals surface area contributed by atoms with Gasteiger partial charge in [-0.15, -0.1) is 0 Å². The van der Waals surface area contributed by atoms with Crippen molar-refractivity contribution in [2.75, 3.05) is 7.11 Å². The molecule has 0 amide bonds. The second-order valence-corrected chi connectivity index (χ2v) is 7.42. The Morgan fingerprint density at radius 2 is 1.79 bits per heavy atom. The van der Waals surface area contributed by atoms with E-state index in [1.165, 1.54) is 11.1 Å². The largest absolute Gasteiger partial charge is 0.496 e. The van der Waals surface area contributed by atoms with E-state index in [1.807, 2.05) is 30.5 Å². The summed E-state index contributed by atoms with van der Waals surface area (Å²) >= 11 is 0. The molecule has 29 heavy (non-hydrogen) atoms. The van der Waals surface area contributed by atoms with Gasteiger partial charge in [-0.3, -0.25) is 4.79 Å². The first-order chi connectivity index (χ1) is 14.1. The molecule has 0 bridgehead atoms. The number of para-hydroxylation sites is 1. The molecule has 3 aromatic rings. The number of ether oxygens (including phenoxy) is 1. The molecular formula is C25H30N2O2. The molecule has 0 saturated heterocycles. The van der Waals surface area contributed by atoms with E-state index in [9.17, 15) is 4.79 Å². The molecule has 0 unspecified atom stereocenters. The zero-order valence-electron chi connectivity index (χ0n) is 17.6. The summed E-state index contributed by atoms with van der Waals surface area (Å²) in [4.78, 5) is 17.2. The van der Waals surface area contributed by atoms with Crippen molar-refractivity contribution < 1.29 is 9.53 Å². The predicted octanol–water partition coefficient (Wildman–Crippen LogP) is 4.75. The molecule has 1 aromatic heterocycles. The van der Waals surface area contributed by atoms with Crippen LogP contribution in [0.5, 0.6) is 5.75 Å². The van der Waals surface area contributed by atoms with Crippen molar-refractivity contribution in [2.45, 2.75) is 52.5 Å². The van der Waals surface area contributed by atoms with E-state index in [2.05, 4.69) is 47.7 Å². The van der Waals surface area contributed by atoms with Crippen LogP contribution < -0.4 is 4.74 Å². The lowest BCUT2D eigenvalue weighted by atomic mass is 10.0. The zero-order chi connectivity index (χ0) is 20.6. The van der Waals surface area contributed by atoms with Gasteiger partial charge in [0.1, 0.15) is 17.4 Å². The number of aromatic nitrogens is 2. The van der Waals surface area contributed by atoms with Crippen LogP contribution >= 0.6 is 0 Å². The summed E-state index contributed by atoms with van der Waals surface area (Å²) in [6, 6.07) is 16.4. The highest BCUT2D eigenvalue weighted by Crippen LogP contribution is 2.19. The van der Waals surface area contributed by atoms with E-state index in [0.717, 1.165) is 48.6 Å². The molecule has 0 radical (unpaired) electrons. The number of carbonyl (C=O) groups is 1. The Labute approximate surface area is 173 Å². The van der Waals surface area contributed by atoms with Gasteiger partial charge in [0.05, 0.1) is 7.11 Å². The van der Waals surface area contributed by atoms with Crippen molar-refractivity contribution in [3.63, 3.8) is 0 Å². The number of methoxy groups -OCH3 is 1. The van der Waals surface area contributed by atoms with E-state index in [1.54, 1.807) is 7.11 Å². The maximum absolute atomic E-state index is 12.5. The quantitative estimate of drug-likeness (QED) is 0.502. The maximum Gasteiger partial charge on any atom is 0.137 e. The molecule has 3 rings (SSSR count). The van der Waals surface area contributed by atoms with Gasteiger partial charge < -0.3 is 9.30 Å². The number of ketones is 1. The van der Waals surface area contributed by atoms with Crippen molar-refractivity contribution in [1.29, 1.82) is 0 Å². The summed E-state index contributed by atoms with van der Waals surface area (Å²) in [6.45, 7) is 5.12. The summed E-state index contributed by atoms with van der Waals surface area (Å²) in [6.07, 6.45) is 5.46. The summed E-state index contributed by atoms with van der Waals surface area (Å²) in [5.41, 5.74) is 4.70. The van der Waals surface area contributed by atoms with Gasteiger partial charge in [-0.1, -0.05) is 48.0 Å². The summed E-state index contributed by atoms with van der Waals surface area (Å²) < 4.78 is 7.61. The molecule has 0 aliphatic heterocycles. The van der Waals surface area contributed by atoms with Crippen molar-refractivity contribution in [3.8, 4) is 5.75 Å². The number of benzene rings is 2. The molecule has 0 aliphatic carbocycles. The van der Waals surface area contributed by atoms with Crippen LogP contribution in [0, 0.1) is 6.92 Å². The van der Waals surface area contributed by atoms with E-state index >= 15 is 0 Å². The van der Waals surface area contributed by atoms with E-state index in [0.29, 0.717) is 12.8 Å². The Morgan fingerprint density at radius 1 is 1.03 bits per heavy atom. The van der Waals surface area contributed by atoms with Crippen LogP contribution in [0.4, 0.5) is 0 Å². The summed E-state index contributed by atoms with van der Waals surface area (Å²) in [5, 5.41) is 0. The normalized spacial score (nSPS) is 10.9. The lowest BCUT2D eigenvalue weighted by Gasteiger charge is -2.10. The fourth-order valence-electron chi connectivity index (χ4n) is 3.67. The molecule has 0 saturated carbocycles. The van der Waals surface area contributed by atoms with Crippen LogP contribution in [-0.4, -0.2) is 22.4 Å². The fourth-order valence-corrected chi connectivity index (χ4v) is 3.67. The number of carbonyl (C=O) groups excluding carboxylic acids is 1. The van der Waals surface area contributed by atoms with Gasteiger partial charge in [0.25, 0.3) is 0 Å². The molecule has 0 fully saturated rings. The van der Waals surface area contributed by atoms with Crippen LogP contribution in [0.2, 0.25) is 0 Å². The Hall–Kier alpha value is -2.88. The number of aryl methyl sites for hydroxylation is 4. The van der Waals surface area contributed by atoms with Gasteiger partial charge in [0, 0.05) is 43.3 Å². The molecule has 0 N–H and O–H groups in total. The van der Waals surface area contributed by atoms with Crippen LogP contribution in [0.25, 0.3) is 0 Å². The van der Waals surface area contributed by atoms with Gasteiger partial charge in [0.15, 0.2) is 0 Å². The molecule has 2 aromatic carbocycles. The van der Waals surface area contributed by atoms with Crippen molar-refractivity contribution in [3.05, 3.63) is 82.9 Å². The molecule has 152 valence electrons. The van der Waals surface area contributed by atoms with Crippen LogP contribution in [-0.2, 0) is 37.0 Å². The third-order valence-electron chi connectivity index (χ3n) is 5.34. The molecule has 0 aliphatic rings. The van der Waals surface area contributed by atoms with Crippen LogP contribution in [0.15, 0.2) is 54.7 Å². The minimum absolute atomic E-state index is 0.222. The molecule has 0 atom stereocenters. The topological polar surface area (TPSA) is 44.1 Å². The highest BCUT2D eigenvalue weighted by molar-refractivity contribution is 5.81. The number of hydrogen-bond donors (Lipinski definition) is 0. The highest BCUT2D eigenvalue weighted by atomic mass is 16.5. The second kappa shape index (κ2) is 10.1. The maximum atomic E-state index is 12.5. The first kappa shape index (κ1) is 20.8. The number of Topliss-reactive ketones (excluding diaryl/α,β-unsaturated/α-hetero) is 1. The minimum atomic E-state index is 0.222. The molecule has 4 nitrogen and oxygen atoms in total. The van der Waals surface area contributed by atoms with Gasteiger partial charge in [0.2, 0.25) is 0 Å². The highest BCUT2D eigenvalue weighted by Gasteiger charge is 2.12. The van der Waals surface area contributed by atoms with E-state index in [-0.39, 0.29) is 5.78 Å². The van der Waals surface area contributed by atoms with E-state index < -0.39 is 0 Å². The monoisotopic (exact) mass is 390 g/mol. The SMILES string of the molecule is CCn1c(CCC(=O)Cc2ccccc2OC)cnc1CCc1ccc(C)cc1. The summed E-state index contributed by atoms with van der Waals surface area (Å²) in [5.74, 6) is 2.10. The third kappa shape index (κ3) is 5.57. The van der Waals surface area contributed by atoms with Crippen molar-refractivity contribution >= 4 is 5.78 Å². The summed E-state index contributed by atoms with van der Waals surface area (Å²) in [7, 11) is 1.64. The van der Waals surface area contributed by atoms with Gasteiger partial charge in [-0.05, 0) is 38.3 Å². The smallest absolute Gasteiger partial charge is 0.137 e. The second-order valence-electron chi connectivity index (χ2n) is 7.42. The van der Waals surface area contributed by atoms with E-state index in [4.69, 9.17) is 4.74 Å². The van der Waals surface area contributed by atoms with Crippen molar-refractivity contribution in [2.24, 2.45) is 0 Å². The fraction of sp³-hybridized carbons (Fsp3) is 0.360. The number of rotatable bonds is 10. The van der Waals surface area contributed by atoms with Gasteiger partial charge in [-0.2, -0.15) is 0 Å². The number of imidazole rings is 1. The first-order valence-corrected chi connectivity index (χ1v) is 10.3. The lowest BCUT2D eigenvalue weighted by molar-refractivity contribution is -0.118. The predicted molar refractivity (Wildman–Crippen MR) is 117 cm³/mol. The average Bonchev–Trinajstić information content (AvgIpc) is 3.14. The number of hydrogen-bond acceptors (Lipinski definition) is 3. The Kier molecular flexibility index (Phi) is 7.23. The van der Waals surface area contributed by atoms with Crippen LogP contribution in [0.3, 0.4) is 0 Å². The van der Waals surface area contributed by atoms with Crippen LogP contribution in [0.1, 0.15) is 41.6 Å². The molecule has 1 heterocycles. The molecular weight excluding hydrogens is 360 g/mol. The first-order valence-electron chi connectivity index (χ1n) is 10.3. The molecule has 0 spiro atoms. The molecule has 4 heteroatoms. The zero-order valence-corrected chi connectivity index (χ0v) is 17.6. The van der Waals surface area contributed by atoms with Gasteiger partial charge >= 0.3 is 0 Å². The minimum Gasteiger partial charge on any atom is -0.496 e. The standard InChI is InChI=1S/C25H30N2O2/c1-4-27-22(14-15-23(28)17-21-7-5-6-8-24(21)29-3)18-26-25(27)16-13-20-11-9-19(2)10-12-20/h5-12,18H,4,13-17H2,1-3H3. The number of nitrogens with zero attached hydrogens (tertiary/aromatic N) is 2. The third-order valence-corrected chi connectivity index (χ3v) is 5.34. The average molecular weight is 391 g/mol. The Bertz CT molecular complexity index is 942. The van der Waals surface area contributed by atoms with Crippen molar-refractivity contribution in [1.82, 2.24) is 9.55 Å². The lowest BCUT2D eigenvalue weighted by Crippen LogP contribution is -2.10. The Morgan fingerprint density at radius 3 is 2.52 bits per heavy atom. The Balaban J connectivity index is 1.58.